The minimum Gasteiger partial charge on any atom is -0.343 e. The Labute approximate surface area is 146 Å². The molecule has 0 saturated carbocycles. The smallest absolute Gasteiger partial charge is 0.251 e. The van der Waals surface area contributed by atoms with E-state index in [1.807, 2.05) is 36.4 Å². The molecular formula is C20H19N3O2. The quantitative estimate of drug-likeness (QED) is 0.914. The van der Waals surface area contributed by atoms with E-state index in [9.17, 15) is 9.59 Å². The van der Waals surface area contributed by atoms with Crippen LogP contribution in [0.3, 0.4) is 0 Å². The van der Waals surface area contributed by atoms with Gasteiger partial charge in [0.2, 0.25) is 5.91 Å². The van der Waals surface area contributed by atoms with Crippen LogP contribution in [0.2, 0.25) is 0 Å². The molecule has 2 amide bonds. The maximum absolute atomic E-state index is 12.6. The summed E-state index contributed by atoms with van der Waals surface area (Å²) in [7, 11) is 0. The van der Waals surface area contributed by atoms with E-state index in [4.69, 9.17) is 5.26 Å². The number of benzene rings is 2. The molecule has 1 atom stereocenters. The SMILES string of the molecule is N#Cc1cccc(C(=O)N[C@H](CN2CCCC2=O)c2ccccc2)c1. The van der Waals surface area contributed by atoms with Gasteiger partial charge in [-0.25, -0.2) is 0 Å². The molecule has 0 spiro atoms. The van der Waals surface area contributed by atoms with Crippen LogP contribution in [0.4, 0.5) is 0 Å². The van der Waals surface area contributed by atoms with Crippen LogP contribution in [0.1, 0.15) is 40.4 Å². The molecule has 2 aromatic carbocycles. The average Bonchev–Trinajstić information content (AvgIpc) is 3.06. The normalized spacial score (nSPS) is 14.8. The maximum atomic E-state index is 12.6. The standard InChI is InChI=1S/C20H19N3O2/c21-13-15-6-4-9-17(12-15)20(25)22-18(16-7-2-1-3-8-16)14-23-11-5-10-19(23)24/h1-4,6-9,12,18H,5,10-11,14H2,(H,22,25)/t18-/m1/s1. The van der Waals surface area contributed by atoms with E-state index in [0.29, 0.717) is 24.1 Å². The van der Waals surface area contributed by atoms with E-state index in [1.54, 1.807) is 29.2 Å². The second-order valence-electron chi connectivity index (χ2n) is 6.07. The van der Waals surface area contributed by atoms with E-state index in [2.05, 4.69) is 5.32 Å². The monoisotopic (exact) mass is 333 g/mol. The van der Waals surface area contributed by atoms with E-state index in [-0.39, 0.29) is 17.9 Å². The molecule has 25 heavy (non-hydrogen) atoms. The summed E-state index contributed by atoms with van der Waals surface area (Å²) in [5.41, 5.74) is 1.83. The minimum atomic E-state index is -0.290. The Hall–Kier alpha value is -3.13. The van der Waals surface area contributed by atoms with Gasteiger partial charge in [-0.3, -0.25) is 9.59 Å². The number of hydrogen-bond acceptors (Lipinski definition) is 3. The minimum absolute atomic E-state index is 0.127. The molecular weight excluding hydrogens is 314 g/mol. The van der Waals surface area contributed by atoms with Crippen LogP contribution in [0.15, 0.2) is 54.6 Å². The second-order valence-corrected chi connectivity index (χ2v) is 6.07. The highest BCUT2D eigenvalue weighted by atomic mass is 16.2. The molecule has 1 aliphatic rings. The summed E-state index contributed by atoms with van der Waals surface area (Å²) >= 11 is 0. The molecule has 1 aliphatic heterocycles. The topological polar surface area (TPSA) is 73.2 Å². The van der Waals surface area contributed by atoms with Crippen molar-refractivity contribution in [2.24, 2.45) is 0 Å². The number of hydrogen-bond donors (Lipinski definition) is 1. The molecule has 1 heterocycles. The summed E-state index contributed by atoms with van der Waals surface area (Å²) in [6.45, 7) is 1.18. The Morgan fingerprint density at radius 1 is 1.20 bits per heavy atom. The van der Waals surface area contributed by atoms with Gasteiger partial charge in [-0.1, -0.05) is 36.4 Å². The summed E-state index contributed by atoms with van der Waals surface area (Å²) in [5.74, 6) is -0.126. The molecule has 1 N–H and O–H groups in total. The Morgan fingerprint density at radius 3 is 2.68 bits per heavy atom. The number of carbonyl (C=O) groups excluding carboxylic acids is 2. The number of rotatable bonds is 5. The average molecular weight is 333 g/mol. The highest BCUT2D eigenvalue weighted by molar-refractivity contribution is 5.94. The molecule has 0 radical (unpaired) electrons. The van der Waals surface area contributed by atoms with Crippen LogP contribution in [-0.4, -0.2) is 29.8 Å². The number of carbonyl (C=O) groups is 2. The third-order valence-corrected chi connectivity index (χ3v) is 4.34. The van der Waals surface area contributed by atoms with Crippen molar-refractivity contribution >= 4 is 11.8 Å². The largest absolute Gasteiger partial charge is 0.343 e. The molecule has 0 aliphatic carbocycles. The fourth-order valence-corrected chi connectivity index (χ4v) is 3.01. The summed E-state index contributed by atoms with van der Waals surface area (Å²) in [4.78, 5) is 26.4. The Balaban J connectivity index is 1.80. The fraction of sp³-hybridized carbons (Fsp3) is 0.250. The van der Waals surface area contributed by atoms with Crippen molar-refractivity contribution in [3.8, 4) is 6.07 Å². The van der Waals surface area contributed by atoms with Crippen molar-refractivity contribution in [2.45, 2.75) is 18.9 Å². The molecule has 5 heteroatoms. The molecule has 126 valence electrons. The van der Waals surface area contributed by atoms with Gasteiger partial charge < -0.3 is 10.2 Å². The van der Waals surface area contributed by atoms with Crippen LogP contribution in [0.5, 0.6) is 0 Å². The van der Waals surface area contributed by atoms with Gasteiger partial charge in [-0.15, -0.1) is 0 Å². The van der Waals surface area contributed by atoms with Gasteiger partial charge in [0.1, 0.15) is 0 Å². The van der Waals surface area contributed by atoms with Gasteiger partial charge in [-0.2, -0.15) is 5.26 Å². The predicted molar refractivity (Wildman–Crippen MR) is 93.6 cm³/mol. The van der Waals surface area contributed by atoms with Gasteiger partial charge >= 0.3 is 0 Å². The van der Waals surface area contributed by atoms with Gasteiger partial charge in [0.25, 0.3) is 5.91 Å². The lowest BCUT2D eigenvalue weighted by atomic mass is 10.0. The first kappa shape index (κ1) is 16.7. The molecule has 2 aromatic rings. The van der Waals surface area contributed by atoms with Gasteiger partial charge in [-0.05, 0) is 30.2 Å². The number of nitrogens with zero attached hydrogens (tertiary/aromatic N) is 2. The molecule has 0 aromatic heterocycles. The Kier molecular flexibility index (Phi) is 5.10. The first-order chi connectivity index (χ1) is 12.2. The lowest BCUT2D eigenvalue weighted by molar-refractivity contribution is -0.128. The lowest BCUT2D eigenvalue weighted by Crippen LogP contribution is -2.38. The molecule has 0 unspecified atom stereocenters. The van der Waals surface area contributed by atoms with E-state index in [1.165, 1.54) is 0 Å². The first-order valence-electron chi connectivity index (χ1n) is 8.31. The van der Waals surface area contributed by atoms with Crippen LogP contribution >= 0.6 is 0 Å². The predicted octanol–water partition coefficient (Wildman–Crippen LogP) is 2.65. The fourth-order valence-electron chi connectivity index (χ4n) is 3.01. The van der Waals surface area contributed by atoms with Crippen molar-refractivity contribution in [1.82, 2.24) is 10.2 Å². The maximum Gasteiger partial charge on any atom is 0.251 e. The zero-order valence-corrected chi connectivity index (χ0v) is 13.8. The first-order valence-corrected chi connectivity index (χ1v) is 8.31. The van der Waals surface area contributed by atoms with Crippen LogP contribution in [-0.2, 0) is 4.79 Å². The van der Waals surface area contributed by atoms with Gasteiger partial charge in [0.15, 0.2) is 0 Å². The lowest BCUT2D eigenvalue weighted by Gasteiger charge is -2.25. The van der Waals surface area contributed by atoms with Crippen LogP contribution in [0.25, 0.3) is 0 Å². The van der Waals surface area contributed by atoms with Crippen LogP contribution in [0, 0.1) is 11.3 Å². The van der Waals surface area contributed by atoms with Crippen molar-refractivity contribution in [3.63, 3.8) is 0 Å². The summed E-state index contributed by atoms with van der Waals surface area (Å²) < 4.78 is 0. The third kappa shape index (κ3) is 4.04. The zero-order chi connectivity index (χ0) is 17.6. The Bertz CT molecular complexity index is 811. The summed E-state index contributed by atoms with van der Waals surface area (Å²) in [6.07, 6.45) is 1.43. The molecule has 1 fully saturated rings. The second kappa shape index (κ2) is 7.63. The number of nitrogens with one attached hydrogen (secondary N) is 1. The van der Waals surface area contributed by atoms with E-state index >= 15 is 0 Å². The summed E-state index contributed by atoms with van der Waals surface area (Å²) in [5, 5.41) is 12.0. The highest BCUT2D eigenvalue weighted by Gasteiger charge is 2.25. The van der Waals surface area contributed by atoms with Crippen molar-refractivity contribution < 1.29 is 9.59 Å². The van der Waals surface area contributed by atoms with Crippen molar-refractivity contribution in [1.29, 1.82) is 5.26 Å². The number of nitriles is 1. The van der Waals surface area contributed by atoms with Crippen molar-refractivity contribution in [2.75, 3.05) is 13.1 Å². The van der Waals surface area contributed by atoms with E-state index in [0.717, 1.165) is 18.5 Å². The van der Waals surface area contributed by atoms with Crippen LogP contribution < -0.4 is 5.32 Å². The molecule has 1 saturated heterocycles. The number of amides is 2. The summed E-state index contributed by atoms with van der Waals surface area (Å²) in [6, 6.07) is 18.0. The number of likely N-dealkylation sites (tertiary alicyclic amines) is 1. The molecule has 3 rings (SSSR count). The third-order valence-electron chi connectivity index (χ3n) is 4.34. The molecule has 0 bridgehead atoms. The van der Waals surface area contributed by atoms with Crippen molar-refractivity contribution in [3.05, 3.63) is 71.3 Å². The van der Waals surface area contributed by atoms with Gasteiger partial charge in [0, 0.05) is 25.1 Å². The molecule has 5 nitrogen and oxygen atoms in total. The highest BCUT2D eigenvalue weighted by Crippen LogP contribution is 2.19. The van der Waals surface area contributed by atoms with E-state index < -0.39 is 0 Å². The van der Waals surface area contributed by atoms with Gasteiger partial charge in [0.05, 0.1) is 17.7 Å². The Morgan fingerprint density at radius 2 is 2.00 bits per heavy atom. The zero-order valence-electron chi connectivity index (χ0n) is 13.8.